The number of imidazole rings is 1. The molecule has 2 aromatic rings. The molecule has 6 heteroatoms. The minimum Gasteiger partial charge on any atom is -0.391 e. The number of nitrogens with zero attached hydrogens (tertiary/aromatic N) is 2. The number of hydrogen-bond donors (Lipinski definition) is 2. The maximum atomic E-state index is 12.4. The Kier molecular flexibility index (Phi) is 11.9. The largest absolute Gasteiger partial charge is 0.391 e. The number of pyridine rings is 1. The maximum absolute atomic E-state index is 12.4. The number of aromatic nitrogens is 2. The normalized spacial score (nSPS) is 13.7. The zero-order chi connectivity index (χ0) is 22.5. The van der Waals surface area contributed by atoms with Crippen LogP contribution in [0.4, 0.5) is 0 Å². The fraction of sp³-hybridized carbons (Fsp3) is 0.500. The van der Waals surface area contributed by atoms with E-state index in [1.165, 1.54) is 25.0 Å². The number of nitrogens with one attached hydrogen (secondary N) is 2. The first kappa shape index (κ1) is 25.8. The summed E-state index contributed by atoms with van der Waals surface area (Å²) in [5.41, 5.74) is 3.52. The number of hydrogen-bond acceptors (Lipinski definition) is 3. The second kappa shape index (κ2) is 13.9. The molecule has 0 saturated heterocycles. The van der Waals surface area contributed by atoms with Crippen molar-refractivity contribution in [1.29, 1.82) is 0 Å². The van der Waals surface area contributed by atoms with Gasteiger partial charge in [-0.15, -0.1) is 0 Å². The van der Waals surface area contributed by atoms with Crippen LogP contribution in [0.5, 0.6) is 0 Å². The Bertz CT molecular complexity index is 850. The molecule has 0 bridgehead atoms. The Balaban J connectivity index is 0.000000826. The number of carbonyl (C=O) groups excluding carboxylic acids is 1. The van der Waals surface area contributed by atoms with Crippen LogP contribution in [0.25, 0.3) is 5.65 Å². The summed E-state index contributed by atoms with van der Waals surface area (Å²) in [5, 5.41) is 6.88. The van der Waals surface area contributed by atoms with Crippen molar-refractivity contribution < 1.29 is 4.79 Å². The van der Waals surface area contributed by atoms with E-state index in [2.05, 4.69) is 36.4 Å². The van der Waals surface area contributed by atoms with Crippen molar-refractivity contribution in [3.8, 4) is 0 Å². The van der Waals surface area contributed by atoms with Gasteiger partial charge in [-0.1, -0.05) is 58.7 Å². The summed E-state index contributed by atoms with van der Waals surface area (Å²) < 4.78 is 1.83. The standard InChI is InChI=1S/C19H23ClN4O.C3H8.C2H6/c1-3-4-15(9-17(21-2)13-5-6-13)23-19(25)10-16-12-24-11-14(20)7-8-18(24)22-16;1-3-2;1-2/h4,7-9,11-13,21H,3,5-6,10H2,1-2H3,(H,23,25);3H2,1-2H3;1-2H3/b15-4-,17-9-;;. The van der Waals surface area contributed by atoms with Gasteiger partial charge in [0.15, 0.2) is 0 Å². The van der Waals surface area contributed by atoms with Crippen molar-refractivity contribution in [3.05, 3.63) is 58.8 Å². The van der Waals surface area contributed by atoms with Gasteiger partial charge in [-0.3, -0.25) is 4.79 Å². The summed E-state index contributed by atoms with van der Waals surface area (Å²) in [6.45, 7) is 10.3. The Morgan fingerprint density at radius 3 is 2.47 bits per heavy atom. The Morgan fingerprint density at radius 2 is 1.90 bits per heavy atom. The predicted octanol–water partition coefficient (Wildman–Crippen LogP) is 5.90. The van der Waals surface area contributed by atoms with Gasteiger partial charge in [-0.05, 0) is 43.4 Å². The second-order valence-corrected chi connectivity index (χ2v) is 7.41. The molecule has 2 N–H and O–H groups in total. The molecule has 1 aliphatic rings. The van der Waals surface area contributed by atoms with E-state index in [1.807, 2.05) is 49.7 Å². The maximum Gasteiger partial charge on any atom is 0.230 e. The van der Waals surface area contributed by atoms with Crippen LogP contribution in [0.2, 0.25) is 5.02 Å². The van der Waals surface area contributed by atoms with E-state index in [-0.39, 0.29) is 12.3 Å². The summed E-state index contributed by atoms with van der Waals surface area (Å²) in [4.78, 5) is 16.9. The quantitative estimate of drug-likeness (QED) is 0.535. The molecule has 1 saturated carbocycles. The van der Waals surface area contributed by atoms with E-state index < -0.39 is 0 Å². The molecule has 5 nitrogen and oxygen atoms in total. The van der Waals surface area contributed by atoms with Gasteiger partial charge < -0.3 is 15.0 Å². The van der Waals surface area contributed by atoms with Gasteiger partial charge in [0, 0.05) is 30.8 Å². The number of allylic oxidation sites excluding steroid dienone is 3. The molecule has 30 heavy (non-hydrogen) atoms. The topological polar surface area (TPSA) is 58.4 Å². The molecule has 2 aromatic heterocycles. The Morgan fingerprint density at radius 1 is 1.23 bits per heavy atom. The zero-order valence-corrected chi connectivity index (χ0v) is 20.0. The molecule has 1 fully saturated rings. The van der Waals surface area contributed by atoms with Gasteiger partial charge in [0.2, 0.25) is 5.91 Å². The van der Waals surface area contributed by atoms with Crippen LogP contribution in [0.3, 0.4) is 0 Å². The molecule has 0 radical (unpaired) electrons. The zero-order valence-electron chi connectivity index (χ0n) is 19.3. The van der Waals surface area contributed by atoms with E-state index in [4.69, 9.17) is 11.6 Å². The van der Waals surface area contributed by atoms with Crippen LogP contribution in [0.15, 0.2) is 48.1 Å². The highest BCUT2D eigenvalue weighted by Crippen LogP contribution is 2.35. The number of rotatable bonds is 7. The average molecular weight is 433 g/mol. The SMILES string of the molecule is CC.CC/C=C(/C=C(\NC)C1CC1)NC(=O)Cc1cn2cc(Cl)ccc2n1.CCC. The van der Waals surface area contributed by atoms with Gasteiger partial charge in [0.1, 0.15) is 5.65 Å². The van der Waals surface area contributed by atoms with Gasteiger partial charge in [-0.25, -0.2) is 4.98 Å². The predicted molar refractivity (Wildman–Crippen MR) is 128 cm³/mol. The molecule has 0 aliphatic heterocycles. The third-order valence-electron chi connectivity index (χ3n) is 4.13. The van der Waals surface area contributed by atoms with Crippen LogP contribution in [-0.2, 0) is 11.2 Å². The summed E-state index contributed by atoms with van der Waals surface area (Å²) in [5.74, 6) is 0.530. The van der Waals surface area contributed by atoms with Crippen molar-refractivity contribution >= 4 is 23.2 Å². The van der Waals surface area contributed by atoms with E-state index in [9.17, 15) is 4.79 Å². The molecule has 166 valence electrons. The van der Waals surface area contributed by atoms with Crippen LogP contribution < -0.4 is 10.6 Å². The highest BCUT2D eigenvalue weighted by Gasteiger charge is 2.25. The smallest absolute Gasteiger partial charge is 0.230 e. The fourth-order valence-corrected chi connectivity index (χ4v) is 2.96. The van der Waals surface area contributed by atoms with Gasteiger partial charge in [0.05, 0.1) is 17.1 Å². The Hall–Kier alpha value is -2.27. The van der Waals surface area contributed by atoms with Crippen molar-refractivity contribution in [2.75, 3.05) is 7.05 Å². The molecule has 2 heterocycles. The lowest BCUT2D eigenvalue weighted by Crippen LogP contribution is -2.25. The lowest BCUT2D eigenvalue weighted by atomic mass is 10.2. The minimum absolute atomic E-state index is 0.0725. The molecule has 0 spiro atoms. The van der Waals surface area contributed by atoms with Crippen LogP contribution in [-0.4, -0.2) is 22.3 Å². The Labute approximate surface area is 186 Å². The van der Waals surface area contributed by atoms with Crippen LogP contribution >= 0.6 is 11.6 Å². The third kappa shape index (κ3) is 8.62. The van der Waals surface area contributed by atoms with E-state index in [1.54, 1.807) is 12.3 Å². The van der Waals surface area contributed by atoms with Gasteiger partial charge in [-0.2, -0.15) is 0 Å². The average Bonchev–Trinajstić information content (AvgIpc) is 3.48. The third-order valence-corrected chi connectivity index (χ3v) is 4.35. The van der Waals surface area contributed by atoms with Crippen molar-refractivity contribution in [2.45, 2.75) is 66.7 Å². The minimum atomic E-state index is -0.0725. The molecule has 0 unspecified atom stereocenters. The number of fused-ring (bicyclic) bond motifs is 1. The fourth-order valence-electron chi connectivity index (χ4n) is 2.79. The van der Waals surface area contributed by atoms with Crippen LogP contribution in [0, 0.1) is 5.92 Å². The lowest BCUT2D eigenvalue weighted by molar-refractivity contribution is -0.119. The first-order valence-electron chi connectivity index (χ1n) is 11.0. The monoisotopic (exact) mass is 432 g/mol. The summed E-state index contributed by atoms with van der Waals surface area (Å²) in [6.07, 6.45) is 12.5. The van der Waals surface area contributed by atoms with Crippen molar-refractivity contribution in [2.24, 2.45) is 5.92 Å². The molecule has 0 atom stereocenters. The van der Waals surface area contributed by atoms with E-state index in [0.29, 0.717) is 10.9 Å². The van der Waals surface area contributed by atoms with E-state index in [0.717, 1.165) is 23.5 Å². The molecule has 1 aliphatic carbocycles. The molecule has 3 rings (SSSR count). The molecule has 1 amide bonds. The van der Waals surface area contributed by atoms with E-state index >= 15 is 0 Å². The molecule has 0 aromatic carbocycles. The molecular weight excluding hydrogens is 396 g/mol. The summed E-state index contributed by atoms with van der Waals surface area (Å²) >= 11 is 5.98. The highest BCUT2D eigenvalue weighted by molar-refractivity contribution is 6.30. The van der Waals surface area contributed by atoms with Crippen molar-refractivity contribution in [3.63, 3.8) is 0 Å². The van der Waals surface area contributed by atoms with Gasteiger partial charge >= 0.3 is 0 Å². The summed E-state index contributed by atoms with van der Waals surface area (Å²) in [7, 11) is 1.93. The highest BCUT2D eigenvalue weighted by atomic mass is 35.5. The van der Waals surface area contributed by atoms with Crippen LogP contribution in [0.1, 0.15) is 66.0 Å². The number of halogens is 1. The summed E-state index contributed by atoms with van der Waals surface area (Å²) in [6, 6.07) is 3.63. The lowest BCUT2D eigenvalue weighted by Gasteiger charge is -2.09. The number of amides is 1. The van der Waals surface area contributed by atoms with Crippen molar-refractivity contribution in [1.82, 2.24) is 20.0 Å². The number of carbonyl (C=O) groups is 1. The van der Waals surface area contributed by atoms with Gasteiger partial charge in [0.25, 0.3) is 0 Å². The second-order valence-electron chi connectivity index (χ2n) is 6.97. The first-order valence-corrected chi connectivity index (χ1v) is 11.4. The molecular formula is C24H37ClN4O. The first-order chi connectivity index (χ1) is 14.5.